The Morgan fingerprint density at radius 2 is 2.40 bits per heavy atom. The van der Waals surface area contributed by atoms with Gasteiger partial charge in [-0.3, -0.25) is 0 Å². The highest BCUT2D eigenvalue weighted by Crippen LogP contribution is 1.93. The first-order valence-electron chi connectivity index (χ1n) is 3.42. The maximum absolute atomic E-state index is 3.75. The van der Waals surface area contributed by atoms with Crippen molar-refractivity contribution in [2.75, 3.05) is 0 Å². The number of nitrogens with zero attached hydrogens (tertiary/aromatic N) is 4. The van der Waals surface area contributed by atoms with Crippen molar-refractivity contribution in [1.29, 1.82) is 0 Å². The molecule has 0 saturated heterocycles. The van der Waals surface area contributed by atoms with Gasteiger partial charge >= 0.3 is 0 Å². The smallest absolute Gasteiger partial charge is 0.151 e. The highest BCUT2D eigenvalue weighted by atomic mass is 15.5. The lowest BCUT2D eigenvalue weighted by atomic mass is 10.3. The maximum atomic E-state index is 3.75. The zero-order valence-corrected chi connectivity index (χ0v) is 6.12. The van der Waals surface area contributed by atoms with Crippen LogP contribution in [0, 0.1) is 6.92 Å². The van der Waals surface area contributed by atoms with Crippen LogP contribution in [0.3, 0.4) is 0 Å². The summed E-state index contributed by atoms with van der Waals surface area (Å²) < 4.78 is 1.71. The largest absolute Gasteiger partial charge is 0.230 e. The SMILES string of the molecule is [CH2]c1nnnn1CCCC. The van der Waals surface area contributed by atoms with Gasteiger partial charge in [0.15, 0.2) is 5.82 Å². The molecule has 10 heavy (non-hydrogen) atoms. The second-order valence-electron chi connectivity index (χ2n) is 2.17. The fourth-order valence-corrected chi connectivity index (χ4v) is 0.705. The highest BCUT2D eigenvalue weighted by Gasteiger charge is 1.96. The minimum atomic E-state index is 0.647. The van der Waals surface area contributed by atoms with Crippen molar-refractivity contribution >= 4 is 0 Å². The van der Waals surface area contributed by atoms with Gasteiger partial charge in [-0.25, -0.2) is 4.68 Å². The van der Waals surface area contributed by atoms with Crippen LogP contribution in [-0.2, 0) is 6.54 Å². The molecule has 0 amide bonds. The summed E-state index contributed by atoms with van der Waals surface area (Å²) in [5.41, 5.74) is 0. The summed E-state index contributed by atoms with van der Waals surface area (Å²) in [6.45, 7) is 6.67. The average molecular weight is 139 g/mol. The molecule has 0 aliphatic carbocycles. The Hall–Kier alpha value is -0.930. The van der Waals surface area contributed by atoms with Gasteiger partial charge in [-0.05, 0) is 16.8 Å². The number of tetrazole rings is 1. The molecule has 0 bridgehead atoms. The lowest BCUT2D eigenvalue weighted by molar-refractivity contribution is 0.547. The van der Waals surface area contributed by atoms with Crippen LogP contribution in [0.25, 0.3) is 0 Å². The molecule has 55 valence electrons. The van der Waals surface area contributed by atoms with Crippen molar-refractivity contribution in [3.63, 3.8) is 0 Å². The monoisotopic (exact) mass is 139 g/mol. The summed E-state index contributed by atoms with van der Waals surface area (Å²) in [6, 6.07) is 0. The summed E-state index contributed by atoms with van der Waals surface area (Å²) in [5.74, 6) is 0.647. The van der Waals surface area contributed by atoms with E-state index in [1.807, 2.05) is 0 Å². The summed E-state index contributed by atoms with van der Waals surface area (Å²) >= 11 is 0. The third kappa shape index (κ3) is 1.52. The Balaban J connectivity index is 2.49. The predicted molar refractivity (Wildman–Crippen MR) is 37.2 cm³/mol. The summed E-state index contributed by atoms with van der Waals surface area (Å²) in [5, 5.41) is 10.9. The van der Waals surface area contributed by atoms with Gasteiger partial charge in [0.2, 0.25) is 0 Å². The van der Waals surface area contributed by atoms with Crippen molar-refractivity contribution in [3.05, 3.63) is 12.7 Å². The number of rotatable bonds is 3. The van der Waals surface area contributed by atoms with E-state index in [2.05, 4.69) is 29.4 Å². The van der Waals surface area contributed by atoms with Crippen molar-refractivity contribution in [1.82, 2.24) is 20.2 Å². The van der Waals surface area contributed by atoms with Crippen molar-refractivity contribution in [3.8, 4) is 0 Å². The molecule has 0 fully saturated rings. The van der Waals surface area contributed by atoms with Crippen LogP contribution in [-0.4, -0.2) is 20.2 Å². The Labute approximate surface area is 60.2 Å². The van der Waals surface area contributed by atoms with Crippen LogP contribution in [0.4, 0.5) is 0 Å². The van der Waals surface area contributed by atoms with E-state index in [0.717, 1.165) is 19.4 Å². The topological polar surface area (TPSA) is 43.6 Å². The van der Waals surface area contributed by atoms with Gasteiger partial charge in [-0.1, -0.05) is 13.3 Å². The van der Waals surface area contributed by atoms with Gasteiger partial charge in [-0.15, -0.1) is 5.10 Å². The van der Waals surface area contributed by atoms with Crippen LogP contribution < -0.4 is 0 Å². The van der Waals surface area contributed by atoms with Crippen molar-refractivity contribution in [2.24, 2.45) is 0 Å². The molecule has 0 aliphatic rings. The standard InChI is InChI=1S/C6H11N4/c1-3-4-5-10-6(2)7-8-9-10/h2-5H2,1H3. The molecule has 1 rings (SSSR count). The Bertz CT molecular complexity index is 193. The maximum Gasteiger partial charge on any atom is 0.151 e. The van der Waals surface area contributed by atoms with Crippen LogP contribution >= 0.6 is 0 Å². The Morgan fingerprint density at radius 1 is 1.60 bits per heavy atom. The molecular formula is C6H11N4. The van der Waals surface area contributed by atoms with E-state index in [9.17, 15) is 0 Å². The summed E-state index contributed by atoms with van der Waals surface area (Å²) in [4.78, 5) is 0. The molecule has 4 heteroatoms. The molecule has 1 heterocycles. The lowest BCUT2D eigenvalue weighted by Gasteiger charge is -1.96. The number of hydrogen-bond donors (Lipinski definition) is 0. The van der Waals surface area contributed by atoms with Crippen LogP contribution in [0.5, 0.6) is 0 Å². The van der Waals surface area contributed by atoms with Crippen molar-refractivity contribution < 1.29 is 0 Å². The van der Waals surface area contributed by atoms with E-state index < -0.39 is 0 Å². The van der Waals surface area contributed by atoms with E-state index in [-0.39, 0.29) is 0 Å². The second-order valence-corrected chi connectivity index (χ2v) is 2.17. The minimum absolute atomic E-state index is 0.647. The third-order valence-electron chi connectivity index (χ3n) is 1.33. The predicted octanol–water partition coefficient (Wildman–Crippen LogP) is 0.655. The van der Waals surface area contributed by atoms with Crippen LogP contribution in [0.15, 0.2) is 0 Å². The van der Waals surface area contributed by atoms with Gasteiger partial charge in [0.05, 0.1) is 0 Å². The van der Waals surface area contributed by atoms with E-state index in [1.165, 1.54) is 0 Å². The number of aryl methyl sites for hydroxylation is 1. The first kappa shape index (κ1) is 7.18. The first-order valence-corrected chi connectivity index (χ1v) is 3.42. The number of hydrogen-bond acceptors (Lipinski definition) is 3. The molecule has 1 radical (unpaired) electrons. The molecular weight excluding hydrogens is 128 g/mol. The molecule has 4 nitrogen and oxygen atoms in total. The molecule has 0 unspecified atom stereocenters. The fourth-order valence-electron chi connectivity index (χ4n) is 0.705. The van der Waals surface area contributed by atoms with E-state index >= 15 is 0 Å². The molecule has 1 aromatic heterocycles. The normalized spacial score (nSPS) is 10.2. The molecule has 0 saturated carbocycles. The van der Waals surface area contributed by atoms with Gasteiger partial charge in [0.25, 0.3) is 0 Å². The molecule has 0 spiro atoms. The zero-order chi connectivity index (χ0) is 7.40. The molecule has 0 aliphatic heterocycles. The average Bonchev–Trinajstić information content (AvgIpc) is 2.31. The lowest BCUT2D eigenvalue weighted by Crippen LogP contribution is -2.02. The fraction of sp³-hybridized carbons (Fsp3) is 0.667. The van der Waals surface area contributed by atoms with Crippen molar-refractivity contribution in [2.45, 2.75) is 26.3 Å². The van der Waals surface area contributed by atoms with Gasteiger partial charge in [0.1, 0.15) is 0 Å². The summed E-state index contributed by atoms with van der Waals surface area (Å²) in [6.07, 6.45) is 2.26. The molecule has 0 atom stereocenters. The Morgan fingerprint density at radius 3 is 2.90 bits per heavy atom. The first-order chi connectivity index (χ1) is 4.84. The van der Waals surface area contributed by atoms with Gasteiger partial charge < -0.3 is 0 Å². The molecule has 0 N–H and O–H groups in total. The molecule has 1 aromatic rings. The zero-order valence-electron chi connectivity index (χ0n) is 6.12. The van der Waals surface area contributed by atoms with E-state index in [0.29, 0.717) is 5.82 Å². The second kappa shape index (κ2) is 3.29. The van der Waals surface area contributed by atoms with Crippen LogP contribution in [0.1, 0.15) is 25.6 Å². The third-order valence-corrected chi connectivity index (χ3v) is 1.33. The summed E-state index contributed by atoms with van der Waals surface area (Å²) in [7, 11) is 0. The number of aromatic nitrogens is 4. The van der Waals surface area contributed by atoms with E-state index in [1.54, 1.807) is 4.68 Å². The van der Waals surface area contributed by atoms with E-state index in [4.69, 9.17) is 0 Å². The minimum Gasteiger partial charge on any atom is -0.230 e. The quantitative estimate of drug-likeness (QED) is 0.617. The number of unbranched alkanes of at least 4 members (excludes halogenated alkanes) is 1. The Kier molecular flexibility index (Phi) is 2.36. The van der Waals surface area contributed by atoms with Crippen LogP contribution in [0.2, 0.25) is 0 Å². The highest BCUT2D eigenvalue weighted by molar-refractivity contribution is 4.83. The van der Waals surface area contributed by atoms with Gasteiger partial charge in [0, 0.05) is 13.5 Å². The van der Waals surface area contributed by atoms with Gasteiger partial charge in [-0.2, -0.15) is 0 Å². The molecule has 0 aromatic carbocycles.